The van der Waals surface area contributed by atoms with E-state index in [-0.39, 0.29) is 12.8 Å². The van der Waals surface area contributed by atoms with Crippen LogP contribution in [-0.2, 0) is 36.0 Å². The minimum atomic E-state index is -3.27. The minimum Gasteiger partial charge on any atom is -0.342 e. The van der Waals surface area contributed by atoms with Crippen molar-refractivity contribution in [2.45, 2.75) is 24.9 Å². The maximum Gasteiger partial charge on any atom is 0.319 e. The SMILES string of the molecule is O=C(N[C@@H](Cc1ccccc1)C(=O)CO[PH](=O)OCC(=O)[C@H](Cc1ccccc1)NC(=O)c1ccccc1)c1ccccc1. The van der Waals surface area contributed by atoms with Crippen LogP contribution in [0.3, 0.4) is 0 Å². The molecule has 2 amide bonds. The number of hydrogen-bond acceptors (Lipinski definition) is 7. The van der Waals surface area contributed by atoms with Gasteiger partial charge in [0.1, 0.15) is 13.2 Å². The van der Waals surface area contributed by atoms with Crippen LogP contribution in [0.4, 0.5) is 0 Å². The number of benzene rings is 4. The number of rotatable bonds is 16. The van der Waals surface area contributed by atoms with Gasteiger partial charge in [-0.3, -0.25) is 23.7 Å². The molecule has 0 heterocycles. The van der Waals surface area contributed by atoms with Gasteiger partial charge in [0, 0.05) is 11.1 Å². The number of ketones is 2. The van der Waals surface area contributed by atoms with Crippen molar-refractivity contribution < 1.29 is 32.8 Å². The van der Waals surface area contributed by atoms with E-state index >= 15 is 0 Å². The van der Waals surface area contributed by atoms with Crippen LogP contribution in [0.25, 0.3) is 0 Å². The molecule has 0 unspecified atom stereocenters. The summed E-state index contributed by atoms with van der Waals surface area (Å²) < 4.78 is 22.9. The molecule has 226 valence electrons. The Bertz CT molecular complexity index is 1440. The summed E-state index contributed by atoms with van der Waals surface area (Å²) in [5.41, 5.74) is 2.41. The van der Waals surface area contributed by atoms with Crippen LogP contribution in [0.2, 0.25) is 0 Å². The van der Waals surface area contributed by atoms with Gasteiger partial charge in [-0.05, 0) is 48.2 Å². The van der Waals surface area contributed by atoms with Crippen LogP contribution < -0.4 is 10.6 Å². The lowest BCUT2D eigenvalue weighted by Crippen LogP contribution is -2.44. The van der Waals surface area contributed by atoms with Gasteiger partial charge in [-0.1, -0.05) is 97.1 Å². The molecule has 0 saturated carbocycles. The van der Waals surface area contributed by atoms with Crippen molar-refractivity contribution in [2.24, 2.45) is 0 Å². The predicted molar refractivity (Wildman–Crippen MR) is 167 cm³/mol. The second-order valence-corrected chi connectivity index (χ2v) is 11.0. The van der Waals surface area contributed by atoms with Crippen molar-refractivity contribution in [3.8, 4) is 0 Å². The molecule has 2 N–H and O–H groups in total. The topological polar surface area (TPSA) is 128 Å². The van der Waals surface area contributed by atoms with Gasteiger partial charge in [-0.2, -0.15) is 0 Å². The number of carbonyl (C=O) groups is 4. The van der Waals surface area contributed by atoms with Gasteiger partial charge in [0.15, 0.2) is 11.6 Å². The molecular formula is C34H33N2O7P. The Morgan fingerprint density at radius 1 is 0.523 bits per heavy atom. The van der Waals surface area contributed by atoms with Crippen LogP contribution in [0.15, 0.2) is 121 Å². The highest BCUT2D eigenvalue weighted by molar-refractivity contribution is 7.33. The summed E-state index contributed by atoms with van der Waals surface area (Å²) in [6.07, 6.45) is 0.397. The standard InChI is InChI=1S/C34H33N2O7P/c37-31(29(21-25-13-5-1-6-14-25)35-33(39)27-17-9-3-10-18-27)23-42-44(41)43-24-32(38)30(22-26-15-7-2-8-16-26)36-34(40)28-19-11-4-12-20-28/h1-20,29-30,44H,21-24H2,(H,35,39)(H,36,40)/t29-,30-/m0/s1. The van der Waals surface area contributed by atoms with Gasteiger partial charge < -0.3 is 19.7 Å². The summed E-state index contributed by atoms with van der Waals surface area (Å²) in [7, 11) is -3.27. The van der Waals surface area contributed by atoms with Gasteiger partial charge >= 0.3 is 8.25 Å². The average molecular weight is 613 g/mol. The second kappa shape index (κ2) is 16.8. The first-order valence-corrected chi connectivity index (χ1v) is 15.3. The molecule has 0 aliphatic heterocycles. The molecule has 0 spiro atoms. The lowest BCUT2D eigenvalue weighted by molar-refractivity contribution is -0.123. The fraction of sp³-hybridized carbons (Fsp3) is 0.176. The summed E-state index contributed by atoms with van der Waals surface area (Å²) in [6.45, 7) is -1.20. The third-order valence-corrected chi connectivity index (χ3v) is 7.45. The molecule has 2 atom stereocenters. The van der Waals surface area contributed by atoms with E-state index < -0.39 is 56.9 Å². The van der Waals surface area contributed by atoms with E-state index in [1.165, 1.54) is 0 Å². The first kappa shape index (κ1) is 32.2. The maximum absolute atomic E-state index is 13.1. The third kappa shape index (κ3) is 10.2. The van der Waals surface area contributed by atoms with Crippen molar-refractivity contribution >= 4 is 31.6 Å². The average Bonchev–Trinajstić information content (AvgIpc) is 3.07. The van der Waals surface area contributed by atoms with Gasteiger partial charge in [0.05, 0.1) is 12.1 Å². The predicted octanol–water partition coefficient (Wildman–Crippen LogP) is 4.63. The Balaban J connectivity index is 1.34. The van der Waals surface area contributed by atoms with Crippen LogP contribution >= 0.6 is 8.25 Å². The summed E-state index contributed by atoms with van der Waals surface area (Å²) in [5.74, 6) is -1.89. The molecule has 10 heteroatoms. The molecule has 0 aromatic heterocycles. The molecule has 44 heavy (non-hydrogen) atoms. The van der Waals surface area contributed by atoms with Crippen molar-refractivity contribution in [1.82, 2.24) is 10.6 Å². The lowest BCUT2D eigenvalue weighted by Gasteiger charge is -2.19. The normalized spacial score (nSPS) is 12.2. The highest BCUT2D eigenvalue weighted by Gasteiger charge is 2.25. The maximum atomic E-state index is 13.1. The number of Topliss-reactive ketones (excluding diaryl/α,β-unsaturated/α-hetero) is 2. The molecule has 0 bridgehead atoms. The van der Waals surface area contributed by atoms with Crippen molar-refractivity contribution in [3.63, 3.8) is 0 Å². The number of amides is 2. The van der Waals surface area contributed by atoms with Gasteiger partial charge in [0.2, 0.25) is 0 Å². The summed E-state index contributed by atoms with van der Waals surface area (Å²) in [5, 5.41) is 5.46. The number of nitrogens with one attached hydrogen (secondary N) is 2. The number of hydrogen-bond donors (Lipinski definition) is 2. The second-order valence-electron chi connectivity index (χ2n) is 9.92. The Labute approximate surface area is 256 Å². The van der Waals surface area contributed by atoms with Crippen LogP contribution in [0.5, 0.6) is 0 Å². The first-order valence-electron chi connectivity index (χ1n) is 14.0. The molecule has 0 radical (unpaired) electrons. The molecule has 4 rings (SSSR count). The Hall–Kier alpha value is -4.69. The first-order chi connectivity index (χ1) is 21.4. The van der Waals surface area contributed by atoms with Crippen LogP contribution in [-0.4, -0.2) is 48.7 Å². The summed E-state index contributed by atoms with van der Waals surface area (Å²) in [4.78, 5) is 51.7. The Morgan fingerprint density at radius 2 is 0.841 bits per heavy atom. The molecular weight excluding hydrogens is 579 g/mol. The molecule has 0 aliphatic carbocycles. The molecule has 4 aromatic rings. The van der Waals surface area contributed by atoms with Crippen LogP contribution in [0, 0.1) is 0 Å². The fourth-order valence-electron chi connectivity index (χ4n) is 4.36. The van der Waals surface area contributed by atoms with Crippen molar-refractivity contribution in [1.29, 1.82) is 0 Å². The third-order valence-electron chi connectivity index (χ3n) is 6.69. The van der Waals surface area contributed by atoms with E-state index in [4.69, 9.17) is 9.05 Å². The van der Waals surface area contributed by atoms with Gasteiger partial charge in [0.25, 0.3) is 11.8 Å². The molecule has 4 aromatic carbocycles. The van der Waals surface area contributed by atoms with Gasteiger partial charge in [-0.25, -0.2) is 0 Å². The van der Waals surface area contributed by atoms with Crippen molar-refractivity contribution in [2.75, 3.05) is 13.2 Å². The van der Waals surface area contributed by atoms with Gasteiger partial charge in [-0.15, -0.1) is 0 Å². The monoisotopic (exact) mass is 612 g/mol. The van der Waals surface area contributed by atoms with Crippen LogP contribution in [0.1, 0.15) is 31.8 Å². The highest BCUT2D eigenvalue weighted by Crippen LogP contribution is 2.24. The number of carbonyl (C=O) groups excluding carboxylic acids is 4. The van der Waals surface area contributed by atoms with E-state index in [9.17, 15) is 23.7 Å². The molecule has 0 aliphatic rings. The van der Waals surface area contributed by atoms with E-state index in [2.05, 4.69) is 10.6 Å². The fourth-order valence-corrected chi connectivity index (χ4v) is 4.96. The zero-order valence-corrected chi connectivity index (χ0v) is 24.9. The molecule has 0 fully saturated rings. The summed E-state index contributed by atoms with van der Waals surface area (Å²) in [6, 6.07) is 33.3. The smallest absolute Gasteiger partial charge is 0.319 e. The minimum absolute atomic E-state index is 0.199. The quantitative estimate of drug-likeness (QED) is 0.177. The highest BCUT2D eigenvalue weighted by atomic mass is 31.1. The largest absolute Gasteiger partial charge is 0.342 e. The van der Waals surface area contributed by atoms with E-state index in [1.54, 1.807) is 60.7 Å². The van der Waals surface area contributed by atoms with Crippen molar-refractivity contribution in [3.05, 3.63) is 144 Å². The zero-order valence-electron chi connectivity index (χ0n) is 23.9. The Morgan fingerprint density at radius 3 is 1.18 bits per heavy atom. The molecule has 0 saturated heterocycles. The summed E-state index contributed by atoms with van der Waals surface area (Å²) >= 11 is 0. The van der Waals surface area contributed by atoms with E-state index in [0.29, 0.717) is 11.1 Å². The van der Waals surface area contributed by atoms with E-state index in [1.807, 2.05) is 60.7 Å². The van der Waals surface area contributed by atoms with E-state index in [0.717, 1.165) is 11.1 Å². The Kier molecular flexibility index (Phi) is 12.3. The lowest BCUT2D eigenvalue weighted by atomic mass is 10.0. The zero-order chi connectivity index (χ0) is 31.1. The molecule has 9 nitrogen and oxygen atoms in total.